The van der Waals surface area contributed by atoms with Crippen molar-refractivity contribution < 1.29 is 0 Å². The molecule has 4 bridgehead atoms. The highest BCUT2D eigenvalue weighted by molar-refractivity contribution is 9.10. The first-order valence-corrected chi connectivity index (χ1v) is 8.39. The van der Waals surface area contributed by atoms with Gasteiger partial charge < -0.3 is 5.73 Å². The van der Waals surface area contributed by atoms with Crippen molar-refractivity contribution in [2.24, 2.45) is 23.0 Å². The van der Waals surface area contributed by atoms with Gasteiger partial charge >= 0.3 is 0 Å². The average Bonchev–Trinajstić information content (AvgIpc) is 2.38. The third-order valence-electron chi connectivity index (χ3n) is 6.07. The van der Waals surface area contributed by atoms with Gasteiger partial charge in [-0.1, -0.05) is 28.1 Å². The van der Waals surface area contributed by atoms with E-state index in [1.54, 1.807) is 5.56 Å². The van der Waals surface area contributed by atoms with Crippen LogP contribution in [-0.2, 0) is 5.41 Å². The Balaban J connectivity index is 1.76. The first kappa shape index (κ1) is 12.4. The minimum Gasteiger partial charge on any atom is -0.330 e. The smallest absolute Gasteiger partial charge is 0.0175 e. The van der Waals surface area contributed by atoms with Crippen molar-refractivity contribution in [2.75, 3.05) is 6.54 Å². The maximum absolute atomic E-state index is 6.18. The Hall–Kier alpha value is -0.340. The highest BCUT2D eigenvalue weighted by Gasteiger charge is 2.57. The standard InChI is InChI=1S/C17H22BrN/c18-15-3-1-14(2-4-15)17-8-12-5-13(9-17)7-16(6-12,10-17)11-19/h1-4,12-13H,5-11,19H2/t12-,13+,16?,17?. The van der Waals surface area contributed by atoms with Crippen LogP contribution < -0.4 is 5.73 Å². The van der Waals surface area contributed by atoms with Gasteiger partial charge in [-0.15, -0.1) is 0 Å². The summed E-state index contributed by atoms with van der Waals surface area (Å²) in [5.74, 6) is 1.88. The molecule has 2 unspecified atom stereocenters. The molecule has 4 saturated carbocycles. The van der Waals surface area contributed by atoms with Crippen LogP contribution in [0, 0.1) is 17.3 Å². The Labute approximate surface area is 124 Å². The van der Waals surface area contributed by atoms with Crippen molar-refractivity contribution in [1.82, 2.24) is 0 Å². The fourth-order valence-corrected chi connectivity index (χ4v) is 6.10. The average molecular weight is 320 g/mol. The number of halogens is 1. The zero-order valence-corrected chi connectivity index (χ0v) is 13.0. The second kappa shape index (κ2) is 4.08. The van der Waals surface area contributed by atoms with E-state index in [2.05, 4.69) is 40.2 Å². The zero-order chi connectivity index (χ0) is 13.1. The van der Waals surface area contributed by atoms with Crippen LogP contribution in [-0.4, -0.2) is 6.54 Å². The Bertz CT molecular complexity index is 478. The van der Waals surface area contributed by atoms with E-state index in [0.717, 1.165) is 18.4 Å². The lowest BCUT2D eigenvalue weighted by molar-refractivity contribution is -0.0667. The Morgan fingerprint density at radius 1 is 1.05 bits per heavy atom. The zero-order valence-electron chi connectivity index (χ0n) is 11.4. The second-order valence-electron chi connectivity index (χ2n) is 7.45. The lowest BCUT2D eigenvalue weighted by atomic mass is 9.43. The van der Waals surface area contributed by atoms with E-state index < -0.39 is 0 Å². The summed E-state index contributed by atoms with van der Waals surface area (Å²) in [4.78, 5) is 0. The Morgan fingerprint density at radius 3 is 2.26 bits per heavy atom. The normalized spacial score (nSPS) is 43.7. The van der Waals surface area contributed by atoms with Crippen LogP contribution in [0.1, 0.15) is 44.1 Å². The topological polar surface area (TPSA) is 26.0 Å². The van der Waals surface area contributed by atoms with Gasteiger partial charge in [-0.2, -0.15) is 0 Å². The van der Waals surface area contributed by atoms with E-state index in [0.29, 0.717) is 10.8 Å². The molecule has 0 saturated heterocycles. The van der Waals surface area contributed by atoms with Crippen molar-refractivity contribution >= 4 is 15.9 Å². The molecule has 4 fully saturated rings. The predicted molar refractivity (Wildman–Crippen MR) is 82.0 cm³/mol. The lowest BCUT2D eigenvalue weighted by Gasteiger charge is -2.62. The maximum atomic E-state index is 6.18. The number of nitrogens with two attached hydrogens (primary N) is 1. The van der Waals surface area contributed by atoms with E-state index in [1.807, 2.05) is 0 Å². The number of hydrogen-bond donors (Lipinski definition) is 1. The molecule has 0 heterocycles. The molecule has 1 aromatic rings. The van der Waals surface area contributed by atoms with Gasteiger partial charge in [0.05, 0.1) is 0 Å². The molecule has 0 aliphatic heterocycles. The number of hydrogen-bond acceptors (Lipinski definition) is 1. The van der Waals surface area contributed by atoms with E-state index in [1.165, 1.54) is 43.0 Å². The summed E-state index contributed by atoms with van der Waals surface area (Å²) in [7, 11) is 0. The third kappa shape index (κ3) is 1.83. The van der Waals surface area contributed by atoms with Crippen LogP contribution in [0.3, 0.4) is 0 Å². The molecule has 19 heavy (non-hydrogen) atoms. The minimum atomic E-state index is 0.449. The molecule has 102 valence electrons. The molecule has 2 heteroatoms. The monoisotopic (exact) mass is 319 g/mol. The molecule has 4 aliphatic carbocycles. The van der Waals surface area contributed by atoms with Gasteiger partial charge in [0.15, 0.2) is 0 Å². The summed E-state index contributed by atoms with van der Waals surface area (Å²) in [5, 5.41) is 0. The Kier molecular flexibility index (Phi) is 2.66. The predicted octanol–water partition coefficient (Wildman–Crippen LogP) is 4.25. The van der Waals surface area contributed by atoms with Crippen molar-refractivity contribution in [3.8, 4) is 0 Å². The molecule has 0 radical (unpaired) electrons. The van der Waals surface area contributed by atoms with Crippen LogP contribution >= 0.6 is 15.9 Å². The van der Waals surface area contributed by atoms with E-state index in [-0.39, 0.29) is 0 Å². The van der Waals surface area contributed by atoms with Gasteiger partial charge in [0.25, 0.3) is 0 Å². The summed E-state index contributed by atoms with van der Waals surface area (Å²) in [5.41, 5.74) is 8.67. The number of rotatable bonds is 2. The number of benzene rings is 1. The first-order chi connectivity index (χ1) is 9.13. The second-order valence-corrected chi connectivity index (χ2v) is 8.37. The van der Waals surface area contributed by atoms with Gasteiger partial charge in [0, 0.05) is 4.47 Å². The van der Waals surface area contributed by atoms with Crippen molar-refractivity contribution in [1.29, 1.82) is 0 Å². The summed E-state index contributed by atoms with van der Waals surface area (Å²) >= 11 is 3.56. The highest BCUT2D eigenvalue weighted by atomic mass is 79.9. The molecule has 0 amide bonds. The molecular weight excluding hydrogens is 298 g/mol. The fourth-order valence-electron chi connectivity index (χ4n) is 5.83. The van der Waals surface area contributed by atoms with Crippen LogP contribution in [0.2, 0.25) is 0 Å². The summed E-state index contributed by atoms with van der Waals surface area (Å²) < 4.78 is 1.19. The molecule has 2 N–H and O–H groups in total. The van der Waals surface area contributed by atoms with Crippen LogP contribution in [0.5, 0.6) is 0 Å². The van der Waals surface area contributed by atoms with Gasteiger partial charge in [-0.25, -0.2) is 0 Å². The van der Waals surface area contributed by atoms with Gasteiger partial charge in [-0.05, 0) is 85.4 Å². The highest BCUT2D eigenvalue weighted by Crippen LogP contribution is 2.65. The molecule has 0 spiro atoms. The SMILES string of the molecule is NCC12C[C@H]3C[C@@H](C1)CC(c1ccc(Br)cc1)(C3)C2. The van der Waals surface area contributed by atoms with E-state index >= 15 is 0 Å². The van der Waals surface area contributed by atoms with Crippen LogP contribution in [0.15, 0.2) is 28.7 Å². The molecule has 0 aromatic heterocycles. The van der Waals surface area contributed by atoms with E-state index in [9.17, 15) is 0 Å². The summed E-state index contributed by atoms with van der Waals surface area (Å²) in [6.07, 6.45) is 8.43. The van der Waals surface area contributed by atoms with Crippen LogP contribution in [0.4, 0.5) is 0 Å². The summed E-state index contributed by atoms with van der Waals surface area (Å²) in [6.45, 7) is 0.901. The molecule has 4 atom stereocenters. The molecular formula is C17H22BrN. The fraction of sp³-hybridized carbons (Fsp3) is 0.647. The maximum Gasteiger partial charge on any atom is 0.0175 e. The van der Waals surface area contributed by atoms with Gasteiger partial charge in [-0.3, -0.25) is 0 Å². The first-order valence-electron chi connectivity index (χ1n) is 7.59. The van der Waals surface area contributed by atoms with Crippen LogP contribution in [0.25, 0.3) is 0 Å². The minimum absolute atomic E-state index is 0.449. The van der Waals surface area contributed by atoms with Crippen molar-refractivity contribution in [2.45, 2.75) is 43.9 Å². The molecule has 5 rings (SSSR count). The van der Waals surface area contributed by atoms with Gasteiger partial charge in [0.2, 0.25) is 0 Å². The molecule has 4 aliphatic rings. The largest absolute Gasteiger partial charge is 0.330 e. The van der Waals surface area contributed by atoms with Gasteiger partial charge in [0.1, 0.15) is 0 Å². The van der Waals surface area contributed by atoms with E-state index in [4.69, 9.17) is 5.73 Å². The third-order valence-corrected chi connectivity index (χ3v) is 6.60. The lowest BCUT2D eigenvalue weighted by Crippen LogP contribution is -2.56. The van der Waals surface area contributed by atoms with Crippen molar-refractivity contribution in [3.63, 3.8) is 0 Å². The quantitative estimate of drug-likeness (QED) is 0.866. The summed E-state index contributed by atoms with van der Waals surface area (Å²) in [6, 6.07) is 9.12. The van der Waals surface area contributed by atoms with Crippen molar-refractivity contribution in [3.05, 3.63) is 34.3 Å². The Morgan fingerprint density at radius 2 is 1.68 bits per heavy atom. The molecule has 1 nitrogen and oxygen atoms in total. The molecule has 1 aromatic carbocycles.